The van der Waals surface area contributed by atoms with Gasteiger partial charge >= 0.3 is 5.97 Å². The Hall–Kier alpha value is -2.15. The molecule has 0 aliphatic carbocycles. The summed E-state index contributed by atoms with van der Waals surface area (Å²) in [6, 6.07) is 3.90. The molecule has 0 aromatic carbocycles. The molecule has 0 saturated carbocycles. The molecule has 4 nitrogen and oxygen atoms in total. The zero-order valence-electron chi connectivity index (χ0n) is 10.2. The summed E-state index contributed by atoms with van der Waals surface area (Å²) < 4.78 is 4.51. The first kappa shape index (κ1) is 12.9. The van der Waals surface area contributed by atoms with E-state index in [4.69, 9.17) is 5.26 Å². The highest BCUT2D eigenvalue weighted by atomic mass is 16.5. The van der Waals surface area contributed by atoms with Gasteiger partial charge in [0.1, 0.15) is 6.07 Å². The topological polar surface area (TPSA) is 63.0 Å². The molecule has 0 bridgehead atoms. The monoisotopic (exact) mass is 230 g/mol. The van der Waals surface area contributed by atoms with Crippen molar-refractivity contribution in [3.05, 3.63) is 34.7 Å². The minimum Gasteiger partial charge on any atom is -0.466 e. The van der Waals surface area contributed by atoms with Crippen molar-refractivity contribution in [2.45, 2.75) is 20.3 Å². The van der Waals surface area contributed by atoms with Crippen LogP contribution in [0.2, 0.25) is 0 Å². The van der Waals surface area contributed by atoms with Crippen LogP contribution in [-0.2, 0) is 16.0 Å². The second-order valence-corrected chi connectivity index (χ2v) is 3.49. The Kier molecular flexibility index (Phi) is 4.41. The van der Waals surface area contributed by atoms with Crippen LogP contribution in [0.3, 0.4) is 0 Å². The molecule has 1 aromatic heterocycles. The smallest absolute Gasteiger partial charge is 0.330 e. The van der Waals surface area contributed by atoms with E-state index in [1.54, 1.807) is 19.1 Å². The standard InChI is InChI=1S/C13H14N2O2/c1-4-10-7-11(8-14)9(2)15-12(10)5-6-13(16)17-3/h5-7H,4H2,1-3H3. The summed E-state index contributed by atoms with van der Waals surface area (Å²) in [5.41, 5.74) is 2.87. The van der Waals surface area contributed by atoms with Gasteiger partial charge in [-0.2, -0.15) is 5.26 Å². The third-order valence-electron chi connectivity index (χ3n) is 2.41. The van der Waals surface area contributed by atoms with Crippen molar-refractivity contribution in [3.8, 4) is 6.07 Å². The highest BCUT2D eigenvalue weighted by molar-refractivity contribution is 5.86. The van der Waals surface area contributed by atoms with Crippen LogP contribution in [0.15, 0.2) is 12.1 Å². The van der Waals surface area contributed by atoms with Crippen molar-refractivity contribution in [1.29, 1.82) is 5.26 Å². The van der Waals surface area contributed by atoms with Gasteiger partial charge in [-0.15, -0.1) is 0 Å². The fourth-order valence-electron chi connectivity index (χ4n) is 1.42. The van der Waals surface area contributed by atoms with E-state index < -0.39 is 5.97 Å². The van der Waals surface area contributed by atoms with Crippen LogP contribution >= 0.6 is 0 Å². The lowest BCUT2D eigenvalue weighted by Gasteiger charge is -2.05. The van der Waals surface area contributed by atoms with Crippen molar-refractivity contribution in [1.82, 2.24) is 4.98 Å². The molecule has 0 atom stereocenters. The zero-order valence-corrected chi connectivity index (χ0v) is 10.2. The van der Waals surface area contributed by atoms with E-state index in [0.29, 0.717) is 17.0 Å². The molecular formula is C13H14N2O2. The molecule has 0 fully saturated rings. The maximum absolute atomic E-state index is 11.0. The highest BCUT2D eigenvalue weighted by Gasteiger charge is 2.06. The Balaban J connectivity index is 3.16. The van der Waals surface area contributed by atoms with Crippen LogP contribution in [0.1, 0.15) is 29.4 Å². The molecule has 17 heavy (non-hydrogen) atoms. The summed E-state index contributed by atoms with van der Waals surface area (Å²) in [6.45, 7) is 3.75. The first-order chi connectivity index (χ1) is 8.12. The second kappa shape index (κ2) is 5.80. The highest BCUT2D eigenvalue weighted by Crippen LogP contribution is 2.14. The van der Waals surface area contributed by atoms with E-state index >= 15 is 0 Å². The minimum atomic E-state index is -0.420. The maximum Gasteiger partial charge on any atom is 0.330 e. The third kappa shape index (κ3) is 3.15. The number of carbonyl (C=O) groups excluding carboxylic acids is 1. The van der Waals surface area contributed by atoms with Crippen molar-refractivity contribution in [2.24, 2.45) is 0 Å². The van der Waals surface area contributed by atoms with Gasteiger partial charge in [0.25, 0.3) is 0 Å². The Labute approximate surface area is 101 Å². The molecule has 0 radical (unpaired) electrons. The fourth-order valence-corrected chi connectivity index (χ4v) is 1.42. The van der Waals surface area contributed by atoms with Gasteiger partial charge in [0.05, 0.1) is 24.1 Å². The first-order valence-corrected chi connectivity index (χ1v) is 5.29. The van der Waals surface area contributed by atoms with Gasteiger partial charge in [0.15, 0.2) is 0 Å². The molecule has 1 rings (SSSR count). The van der Waals surface area contributed by atoms with Crippen LogP contribution in [0.25, 0.3) is 6.08 Å². The maximum atomic E-state index is 11.0. The van der Waals surface area contributed by atoms with Gasteiger partial charge in [-0.25, -0.2) is 4.79 Å². The van der Waals surface area contributed by atoms with Gasteiger partial charge < -0.3 is 4.74 Å². The normalized spacial score (nSPS) is 10.2. The lowest BCUT2D eigenvalue weighted by Crippen LogP contribution is -1.99. The summed E-state index contributed by atoms with van der Waals surface area (Å²) in [5.74, 6) is -0.420. The molecule has 1 aromatic rings. The number of hydrogen-bond donors (Lipinski definition) is 0. The number of pyridine rings is 1. The second-order valence-electron chi connectivity index (χ2n) is 3.49. The fraction of sp³-hybridized carbons (Fsp3) is 0.308. The SMILES string of the molecule is CCc1cc(C#N)c(C)nc1C=CC(=O)OC. The van der Waals surface area contributed by atoms with Crippen LogP contribution < -0.4 is 0 Å². The number of nitriles is 1. The van der Waals surface area contributed by atoms with E-state index in [0.717, 1.165) is 12.0 Å². The molecule has 0 saturated heterocycles. The van der Waals surface area contributed by atoms with Crippen LogP contribution in [0.4, 0.5) is 0 Å². The Bertz CT molecular complexity index is 499. The van der Waals surface area contributed by atoms with Gasteiger partial charge in [-0.1, -0.05) is 6.92 Å². The van der Waals surface area contributed by atoms with E-state index in [-0.39, 0.29) is 0 Å². The Morgan fingerprint density at radius 1 is 1.65 bits per heavy atom. The first-order valence-electron chi connectivity index (χ1n) is 5.29. The quantitative estimate of drug-likeness (QED) is 0.588. The van der Waals surface area contributed by atoms with E-state index in [9.17, 15) is 4.79 Å². The molecule has 0 aliphatic heterocycles. The van der Waals surface area contributed by atoms with Gasteiger partial charge in [-0.3, -0.25) is 4.98 Å². The number of methoxy groups -OCH3 is 1. The predicted octanol–water partition coefficient (Wildman–Crippen LogP) is 2.01. The van der Waals surface area contributed by atoms with E-state index in [1.807, 2.05) is 6.92 Å². The number of aromatic nitrogens is 1. The van der Waals surface area contributed by atoms with Gasteiger partial charge in [-0.05, 0) is 31.1 Å². The number of hydrogen-bond acceptors (Lipinski definition) is 4. The number of rotatable bonds is 3. The lowest BCUT2D eigenvalue weighted by molar-refractivity contribution is -0.134. The van der Waals surface area contributed by atoms with Crippen LogP contribution in [-0.4, -0.2) is 18.1 Å². The van der Waals surface area contributed by atoms with Crippen molar-refractivity contribution in [3.63, 3.8) is 0 Å². The molecule has 0 unspecified atom stereocenters. The molecule has 4 heteroatoms. The molecule has 0 N–H and O–H groups in total. The van der Waals surface area contributed by atoms with E-state index in [2.05, 4.69) is 15.8 Å². The number of aryl methyl sites for hydroxylation is 2. The molecule has 88 valence electrons. The average Bonchev–Trinajstić information content (AvgIpc) is 2.35. The third-order valence-corrected chi connectivity index (χ3v) is 2.41. The largest absolute Gasteiger partial charge is 0.466 e. The van der Waals surface area contributed by atoms with E-state index in [1.165, 1.54) is 13.2 Å². The number of ether oxygens (including phenoxy) is 1. The summed E-state index contributed by atoms with van der Waals surface area (Å²) in [4.78, 5) is 15.3. The summed E-state index contributed by atoms with van der Waals surface area (Å²) in [5, 5.41) is 8.90. The van der Waals surface area contributed by atoms with Crippen LogP contribution in [0.5, 0.6) is 0 Å². The lowest BCUT2D eigenvalue weighted by atomic mass is 10.1. The van der Waals surface area contributed by atoms with Gasteiger partial charge in [0.2, 0.25) is 0 Å². The number of carbonyl (C=O) groups is 1. The predicted molar refractivity (Wildman–Crippen MR) is 64.1 cm³/mol. The Morgan fingerprint density at radius 2 is 2.35 bits per heavy atom. The summed E-state index contributed by atoms with van der Waals surface area (Å²) in [6.07, 6.45) is 3.69. The van der Waals surface area contributed by atoms with Gasteiger partial charge in [0, 0.05) is 6.08 Å². The minimum absolute atomic E-state index is 0.420. The number of esters is 1. The molecule has 0 spiro atoms. The average molecular weight is 230 g/mol. The number of nitrogens with zero attached hydrogens (tertiary/aromatic N) is 2. The van der Waals surface area contributed by atoms with Crippen LogP contribution in [0, 0.1) is 18.3 Å². The summed E-state index contributed by atoms with van der Waals surface area (Å²) >= 11 is 0. The Morgan fingerprint density at radius 3 is 2.88 bits per heavy atom. The van der Waals surface area contributed by atoms with Crippen molar-refractivity contribution in [2.75, 3.05) is 7.11 Å². The van der Waals surface area contributed by atoms with Crippen molar-refractivity contribution >= 4 is 12.0 Å². The molecule has 0 amide bonds. The molecule has 1 heterocycles. The van der Waals surface area contributed by atoms with Crippen molar-refractivity contribution < 1.29 is 9.53 Å². The molecular weight excluding hydrogens is 216 g/mol. The zero-order chi connectivity index (χ0) is 12.8. The summed E-state index contributed by atoms with van der Waals surface area (Å²) in [7, 11) is 1.32. The molecule has 0 aliphatic rings.